The van der Waals surface area contributed by atoms with Gasteiger partial charge in [0.15, 0.2) is 11.5 Å². The quantitative estimate of drug-likeness (QED) is 0.538. The van der Waals surface area contributed by atoms with Crippen molar-refractivity contribution in [3.8, 4) is 22.8 Å². The predicted octanol–water partition coefficient (Wildman–Crippen LogP) is 4.27. The SMILES string of the molecule is COc1ccc(-c2csc(N/N=C/c3ccccc3)n2)cc1OC. The van der Waals surface area contributed by atoms with E-state index < -0.39 is 0 Å². The van der Waals surface area contributed by atoms with Crippen molar-refractivity contribution in [2.45, 2.75) is 0 Å². The molecule has 5 nitrogen and oxygen atoms in total. The first-order chi connectivity index (χ1) is 11.8. The molecule has 24 heavy (non-hydrogen) atoms. The molecule has 0 aliphatic carbocycles. The van der Waals surface area contributed by atoms with Crippen LogP contribution in [0.4, 0.5) is 5.13 Å². The first-order valence-corrected chi connectivity index (χ1v) is 8.20. The van der Waals surface area contributed by atoms with Gasteiger partial charge < -0.3 is 9.47 Å². The maximum Gasteiger partial charge on any atom is 0.203 e. The Hall–Kier alpha value is -2.86. The fourth-order valence-corrected chi connectivity index (χ4v) is 2.82. The lowest BCUT2D eigenvalue weighted by atomic mass is 10.1. The smallest absolute Gasteiger partial charge is 0.203 e. The molecule has 6 heteroatoms. The first kappa shape index (κ1) is 16.0. The van der Waals surface area contributed by atoms with Gasteiger partial charge >= 0.3 is 0 Å². The molecule has 0 atom stereocenters. The molecule has 0 radical (unpaired) electrons. The van der Waals surface area contributed by atoms with E-state index in [4.69, 9.17) is 9.47 Å². The van der Waals surface area contributed by atoms with E-state index in [9.17, 15) is 0 Å². The van der Waals surface area contributed by atoms with Gasteiger partial charge in [0.05, 0.1) is 26.1 Å². The Morgan fingerprint density at radius 3 is 2.58 bits per heavy atom. The van der Waals surface area contributed by atoms with Gasteiger partial charge in [-0.2, -0.15) is 5.10 Å². The van der Waals surface area contributed by atoms with E-state index in [0.29, 0.717) is 11.5 Å². The Kier molecular flexibility index (Phi) is 5.08. The number of benzene rings is 2. The summed E-state index contributed by atoms with van der Waals surface area (Å²) in [7, 11) is 3.24. The van der Waals surface area contributed by atoms with Crippen LogP contribution in [-0.4, -0.2) is 25.4 Å². The molecule has 0 fully saturated rings. The molecule has 3 aromatic rings. The summed E-state index contributed by atoms with van der Waals surface area (Å²) >= 11 is 1.49. The van der Waals surface area contributed by atoms with E-state index in [-0.39, 0.29) is 0 Å². The summed E-state index contributed by atoms with van der Waals surface area (Å²) in [6.07, 6.45) is 1.76. The molecule has 0 saturated carbocycles. The Labute approximate surface area is 144 Å². The number of nitrogens with zero attached hydrogens (tertiary/aromatic N) is 2. The monoisotopic (exact) mass is 339 g/mol. The molecule has 1 aromatic heterocycles. The molecule has 0 unspecified atom stereocenters. The van der Waals surface area contributed by atoms with E-state index in [1.54, 1.807) is 20.4 Å². The molecule has 0 saturated heterocycles. The van der Waals surface area contributed by atoms with Gasteiger partial charge in [-0.25, -0.2) is 4.98 Å². The average Bonchev–Trinajstić information content (AvgIpc) is 3.11. The first-order valence-electron chi connectivity index (χ1n) is 7.32. The summed E-state index contributed by atoms with van der Waals surface area (Å²) in [4.78, 5) is 4.54. The van der Waals surface area contributed by atoms with Crippen molar-refractivity contribution in [2.24, 2.45) is 5.10 Å². The van der Waals surface area contributed by atoms with Gasteiger partial charge in [-0.1, -0.05) is 30.3 Å². The third-order valence-corrected chi connectivity index (χ3v) is 4.10. The molecule has 3 rings (SSSR count). The second-order valence-corrected chi connectivity index (χ2v) is 5.75. The summed E-state index contributed by atoms with van der Waals surface area (Å²) in [6, 6.07) is 15.6. The van der Waals surface area contributed by atoms with E-state index >= 15 is 0 Å². The molecule has 0 spiro atoms. The standard InChI is InChI=1S/C18H17N3O2S/c1-22-16-9-8-14(10-17(16)23-2)15-12-24-18(20-15)21-19-11-13-6-4-3-5-7-13/h3-12H,1-2H3,(H,20,21)/b19-11+. The largest absolute Gasteiger partial charge is 0.493 e. The molecule has 0 aliphatic rings. The molecule has 2 aromatic carbocycles. The fourth-order valence-electron chi connectivity index (χ4n) is 2.15. The van der Waals surface area contributed by atoms with Gasteiger partial charge in [0.1, 0.15) is 0 Å². The Balaban J connectivity index is 1.72. The third-order valence-electron chi connectivity index (χ3n) is 3.36. The van der Waals surface area contributed by atoms with E-state index in [0.717, 1.165) is 22.0 Å². The number of rotatable bonds is 6. The van der Waals surface area contributed by atoms with E-state index in [1.807, 2.05) is 53.9 Å². The van der Waals surface area contributed by atoms with Crippen LogP contribution in [0.5, 0.6) is 11.5 Å². The van der Waals surface area contributed by atoms with Gasteiger partial charge in [0.25, 0.3) is 0 Å². The predicted molar refractivity (Wildman–Crippen MR) is 98.3 cm³/mol. The number of hydrogen-bond acceptors (Lipinski definition) is 6. The number of aromatic nitrogens is 1. The minimum atomic E-state index is 0.680. The lowest BCUT2D eigenvalue weighted by molar-refractivity contribution is 0.355. The van der Waals surface area contributed by atoms with Crippen LogP contribution in [0.15, 0.2) is 59.0 Å². The summed E-state index contributed by atoms with van der Waals surface area (Å²) in [5.74, 6) is 1.38. The van der Waals surface area contributed by atoms with Crippen molar-refractivity contribution in [3.63, 3.8) is 0 Å². The zero-order valence-corrected chi connectivity index (χ0v) is 14.2. The highest BCUT2D eigenvalue weighted by molar-refractivity contribution is 7.14. The number of methoxy groups -OCH3 is 2. The second kappa shape index (κ2) is 7.61. The van der Waals surface area contributed by atoms with Crippen LogP contribution in [0.2, 0.25) is 0 Å². The number of nitrogens with one attached hydrogen (secondary N) is 1. The van der Waals surface area contributed by atoms with Gasteiger partial charge in [-0.05, 0) is 23.8 Å². The minimum absolute atomic E-state index is 0.680. The maximum atomic E-state index is 5.33. The van der Waals surface area contributed by atoms with Crippen molar-refractivity contribution in [1.82, 2.24) is 4.98 Å². The highest BCUT2D eigenvalue weighted by Gasteiger charge is 2.09. The zero-order chi connectivity index (χ0) is 16.8. The average molecular weight is 339 g/mol. The van der Waals surface area contributed by atoms with Crippen LogP contribution in [0, 0.1) is 0 Å². The van der Waals surface area contributed by atoms with Crippen LogP contribution >= 0.6 is 11.3 Å². The Bertz CT molecular complexity index is 831. The van der Waals surface area contributed by atoms with Gasteiger partial charge in [0.2, 0.25) is 5.13 Å². The maximum absolute atomic E-state index is 5.33. The Morgan fingerprint density at radius 2 is 1.83 bits per heavy atom. The van der Waals surface area contributed by atoms with Crippen LogP contribution in [0.25, 0.3) is 11.3 Å². The van der Waals surface area contributed by atoms with E-state index in [1.165, 1.54) is 11.3 Å². The fraction of sp³-hybridized carbons (Fsp3) is 0.111. The zero-order valence-electron chi connectivity index (χ0n) is 13.4. The van der Waals surface area contributed by atoms with Crippen molar-refractivity contribution in [1.29, 1.82) is 0 Å². The molecule has 1 heterocycles. The molecular weight excluding hydrogens is 322 g/mol. The highest BCUT2D eigenvalue weighted by Crippen LogP contribution is 2.33. The van der Waals surface area contributed by atoms with Crippen molar-refractivity contribution >= 4 is 22.7 Å². The number of hydrogen-bond donors (Lipinski definition) is 1. The number of anilines is 1. The van der Waals surface area contributed by atoms with Gasteiger partial charge in [-0.15, -0.1) is 11.3 Å². The van der Waals surface area contributed by atoms with Crippen LogP contribution in [0.3, 0.4) is 0 Å². The van der Waals surface area contributed by atoms with Crippen molar-refractivity contribution in [3.05, 3.63) is 59.5 Å². The number of ether oxygens (including phenoxy) is 2. The highest BCUT2D eigenvalue weighted by atomic mass is 32.1. The van der Waals surface area contributed by atoms with Gasteiger partial charge in [0, 0.05) is 10.9 Å². The van der Waals surface area contributed by atoms with Crippen LogP contribution < -0.4 is 14.9 Å². The molecule has 0 aliphatic heterocycles. The minimum Gasteiger partial charge on any atom is -0.493 e. The third kappa shape index (κ3) is 3.72. The summed E-state index contributed by atoms with van der Waals surface area (Å²) in [6.45, 7) is 0. The Morgan fingerprint density at radius 1 is 1.04 bits per heavy atom. The second-order valence-electron chi connectivity index (χ2n) is 4.89. The molecular formula is C18H17N3O2S. The van der Waals surface area contributed by atoms with Crippen molar-refractivity contribution in [2.75, 3.05) is 19.6 Å². The summed E-state index contributed by atoms with van der Waals surface area (Å²) < 4.78 is 10.6. The number of thiazole rings is 1. The summed E-state index contributed by atoms with van der Waals surface area (Å²) in [5.41, 5.74) is 5.81. The normalized spacial score (nSPS) is 10.8. The topological polar surface area (TPSA) is 55.7 Å². The lowest BCUT2D eigenvalue weighted by Crippen LogP contribution is -1.92. The van der Waals surface area contributed by atoms with E-state index in [2.05, 4.69) is 15.5 Å². The summed E-state index contributed by atoms with van der Waals surface area (Å²) in [5, 5.41) is 6.91. The van der Waals surface area contributed by atoms with Crippen molar-refractivity contribution < 1.29 is 9.47 Å². The lowest BCUT2D eigenvalue weighted by Gasteiger charge is -2.08. The van der Waals surface area contributed by atoms with Gasteiger partial charge in [-0.3, -0.25) is 5.43 Å². The van der Waals surface area contributed by atoms with Crippen LogP contribution in [-0.2, 0) is 0 Å². The number of hydrazone groups is 1. The molecule has 0 amide bonds. The molecule has 1 N–H and O–H groups in total. The van der Waals surface area contributed by atoms with Crippen LogP contribution in [0.1, 0.15) is 5.56 Å². The molecule has 122 valence electrons. The molecule has 0 bridgehead atoms.